The summed E-state index contributed by atoms with van der Waals surface area (Å²) in [5, 5.41) is 0. The summed E-state index contributed by atoms with van der Waals surface area (Å²) in [7, 11) is 3.45. The lowest BCUT2D eigenvalue weighted by Gasteiger charge is -2.25. The van der Waals surface area contributed by atoms with Crippen LogP contribution in [-0.4, -0.2) is 38.8 Å². The Labute approximate surface area is 122 Å². The lowest BCUT2D eigenvalue weighted by atomic mass is 10.1. The number of nitrogens with zero attached hydrogens (tertiary/aromatic N) is 1. The Hall–Kier alpha value is -1.10. The molecule has 0 saturated carbocycles. The molecular weight excluding hydrogens is 252 g/mol. The number of hydrogen-bond donors (Lipinski definition) is 1. The van der Waals surface area contributed by atoms with E-state index in [1.54, 1.807) is 14.2 Å². The molecule has 1 aromatic rings. The monoisotopic (exact) mass is 280 g/mol. The Balaban J connectivity index is 2.84. The van der Waals surface area contributed by atoms with Gasteiger partial charge in [0.2, 0.25) is 0 Å². The minimum absolute atomic E-state index is 0.555. The highest BCUT2D eigenvalue weighted by atomic mass is 16.5. The summed E-state index contributed by atoms with van der Waals surface area (Å²) in [4.78, 5) is 2.40. The molecule has 1 rings (SSSR count). The fourth-order valence-electron chi connectivity index (χ4n) is 2.30. The molecule has 2 N–H and O–H groups in total. The third kappa shape index (κ3) is 5.49. The quantitative estimate of drug-likeness (QED) is 0.754. The first-order valence-corrected chi connectivity index (χ1v) is 7.17. The van der Waals surface area contributed by atoms with Gasteiger partial charge in [-0.25, -0.2) is 0 Å². The van der Waals surface area contributed by atoms with E-state index in [4.69, 9.17) is 15.2 Å². The lowest BCUT2D eigenvalue weighted by molar-refractivity contribution is 0.135. The molecule has 4 nitrogen and oxygen atoms in total. The molecule has 0 amide bonds. The van der Waals surface area contributed by atoms with Crippen molar-refractivity contribution in [2.24, 2.45) is 11.7 Å². The van der Waals surface area contributed by atoms with E-state index < -0.39 is 0 Å². The Bertz CT molecular complexity index is 394. The second-order valence-electron chi connectivity index (χ2n) is 5.47. The Kier molecular flexibility index (Phi) is 7.59. The van der Waals surface area contributed by atoms with Gasteiger partial charge >= 0.3 is 0 Å². The van der Waals surface area contributed by atoms with Crippen molar-refractivity contribution in [3.05, 3.63) is 29.3 Å². The maximum absolute atomic E-state index is 5.73. The summed E-state index contributed by atoms with van der Waals surface area (Å²) in [5.41, 5.74) is 8.05. The normalized spacial score (nSPS) is 11.3. The van der Waals surface area contributed by atoms with Crippen molar-refractivity contribution in [3.63, 3.8) is 0 Å². The molecule has 0 unspecified atom stereocenters. The van der Waals surface area contributed by atoms with Crippen molar-refractivity contribution in [2.45, 2.75) is 26.9 Å². The SMILES string of the molecule is COCCN(Cc1cc(CN)ccc1OC)CC(C)C. The Morgan fingerprint density at radius 2 is 2.00 bits per heavy atom. The first kappa shape index (κ1) is 17.0. The van der Waals surface area contributed by atoms with Crippen molar-refractivity contribution in [3.8, 4) is 5.75 Å². The van der Waals surface area contributed by atoms with Crippen LogP contribution in [0.3, 0.4) is 0 Å². The highest BCUT2D eigenvalue weighted by molar-refractivity contribution is 5.37. The van der Waals surface area contributed by atoms with Crippen LogP contribution in [0.2, 0.25) is 0 Å². The van der Waals surface area contributed by atoms with Gasteiger partial charge in [-0.15, -0.1) is 0 Å². The summed E-state index contributed by atoms with van der Waals surface area (Å²) in [6, 6.07) is 6.16. The predicted octanol–water partition coefficient (Wildman–Crippen LogP) is 2.26. The van der Waals surface area contributed by atoms with Crippen LogP contribution in [0.5, 0.6) is 5.75 Å². The van der Waals surface area contributed by atoms with Crippen LogP contribution >= 0.6 is 0 Å². The van der Waals surface area contributed by atoms with Crippen LogP contribution in [0.4, 0.5) is 0 Å². The molecule has 20 heavy (non-hydrogen) atoms. The summed E-state index contributed by atoms with van der Waals surface area (Å²) >= 11 is 0. The molecule has 114 valence electrons. The van der Waals surface area contributed by atoms with Gasteiger partial charge in [-0.1, -0.05) is 19.9 Å². The zero-order chi connectivity index (χ0) is 15.0. The average molecular weight is 280 g/mol. The third-order valence-corrected chi connectivity index (χ3v) is 3.21. The van der Waals surface area contributed by atoms with Crippen LogP contribution in [0.25, 0.3) is 0 Å². The molecule has 0 fully saturated rings. The summed E-state index contributed by atoms with van der Waals surface area (Å²) in [5.74, 6) is 1.55. The number of nitrogens with two attached hydrogens (primary N) is 1. The van der Waals surface area contributed by atoms with Gasteiger partial charge in [0.15, 0.2) is 0 Å². The van der Waals surface area contributed by atoms with Gasteiger partial charge in [0.05, 0.1) is 13.7 Å². The maximum atomic E-state index is 5.73. The molecule has 0 bridgehead atoms. The van der Waals surface area contributed by atoms with Crippen molar-refractivity contribution < 1.29 is 9.47 Å². The van der Waals surface area contributed by atoms with Gasteiger partial charge in [-0.2, -0.15) is 0 Å². The molecular formula is C16H28N2O2. The van der Waals surface area contributed by atoms with Gasteiger partial charge in [-0.05, 0) is 23.6 Å². The number of ether oxygens (including phenoxy) is 2. The number of benzene rings is 1. The zero-order valence-corrected chi connectivity index (χ0v) is 13.2. The molecule has 0 atom stereocenters. The molecule has 0 aliphatic heterocycles. The van der Waals surface area contributed by atoms with E-state index in [-0.39, 0.29) is 0 Å². The van der Waals surface area contributed by atoms with Crippen molar-refractivity contribution in [1.29, 1.82) is 0 Å². The summed E-state index contributed by atoms with van der Waals surface area (Å²) < 4.78 is 10.7. The summed E-state index contributed by atoms with van der Waals surface area (Å²) in [6.07, 6.45) is 0. The number of methoxy groups -OCH3 is 2. The zero-order valence-electron chi connectivity index (χ0n) is 13.2. The maximum Gasteiger partial charge on any atom is 0.123 e. The molecule has 0 aromatic heterocycles. The molecule has 1 aromatic carbocycles. The Morgan fingerprint density at radius 1 is 1.25 bits per heavy atom. The van der Waals surface area contributed by atoms with E-state index in [9.17, 15) is 0 Å². The molecule has 0 aliphatic rings. The largest absolute Gasteiger partial charge is 0.496 e. The molecule has 0 spiro atoms. The minimum atomic E-state index is 0.555. The number of hydrogen-bond acceptors (Lipinski definition) is 4. The standard InChI is InChI=1S/C16H28N2O2/c1-13(2)11-18(7-8-19-3)12-15-9-14(10-17)5-6-16(15)20-4/h5-6,9,13H,7-8,10-12,17H2,1-4H3. The van der Waals surface area contributed by atoms with Crippen LogP contribution in [0, 0.1) is 5.92 Å². The second-order valence-corrected chi connectivity index (χ2v) is 5.47. The van der Waals surface area contributed by atoms with E-state index in [2.05, 4.69) is 24.8 Å². The van der Waals surface area contributed by atoms with Gasteiger partial charge < -0.3 is 15.2 Å². The molecule has 0 heterocycles. The van der Waals surface area contributed by atoms with Gasteiger partial charge in [-0.3, -0.25) is 4.90 Å². The van der Waals surface area contributed by atoms with E-state index in [1.807, 2.05) is 12.1 Å². The fraction of sp³-hybridized carbons (Fsp3) is 0.625. The number of rotatable bonds is 9. The predicted molar refractivity (Wildman–Crippen MR) is 82.9 cm³/mol. The molecule has 0 radical (unpaired) electrons. The van der Waals surface area contributed by atoms with Gasteiger partial charge in [0.25, 0.3) is 0 Å². The van der Waals surface area contributed by atoms with Crippen LogP contribution in [0.15, 0.2) is 18.2 Å². The van der Waals surface area contributed by atoms with E-state index >= 15 is 0 Å². The van der Waals surface area contributed by atoms with E-state index in [1.165, 1.54) is 5.56 Å². The van der Waals surface area contributed by atoms with Gasteiger partial charge in [0.1, 0.15) is 5.75 Å². The fourth-order valence-corrected chi connectivity index (χ4v) is 2.30. The topological polar surface area (TPSA) is 47.7 Å². The third-order valence-electron chi connectivity index (χ3n) is 3.21. The van der Waals surface area contributed by atoms with Gasteiger partial charge in [0, 0.05) is 38.9 Å². The van der Waals surface area contributed by atoms with Crippen LogP contribution in [-0.2, 0) is 17.8 Å². The smallest absolute Gasteiger partial charge is 0.123 e. The van der Waals surface area contributed by atoms with Crippen LogP contribution in [0.1, 0.15) is 25.0 Å². The first-order valence-electron chi connectivity index (χ1n) is 7.17. The Morgan fingerprint density at radius 3 is 2.55 bits per heavy atom. The summed E-state index contributed by atoms with van der Waals surface area (Å²) in [6.45, 7) is 8.58. The highest BCUT2D eigenvalue weighted by Crippen LogP contribution is 2.22. The van der Waals surface area contributed by atoms with Crippen molar-refractivity contribution in [2.75, 3.05) is 33.9 Å². The molecule has 0 saturated heterocycles. The van der Waals surface area contributed by atoms with E-state index in [0.29, 0.717) is 12.5 Å². The van der Waals surface area contributed by atoms with E-state index in [0.717, 1.165) is 37.6 Å². The lowest BCUT2D eigenvalue weighted by Crippen LogP contribution is -2.30. The van der Waals surface area contributed by atoms with Crippen molar-refractivity contribution in [1.82, 2.24) is 4.90 Å². The van der Waals surface area contributed by atoms with Crippen molar-refractivity contribution >= 4 is 0 Å². The van der Waals surface area contributed by atoms with Crippen LogP contribution < -0.4 is 10.5 Å². The minimum Gasteiger partial charge on any atom is -0.496 e. The molecule has 0 aliphatic carbocycles. The average Bonchev–Trinajstić information content (AvgIpc) is 2.44. The second kappa shape index (κ2) is 8.95. The molecule has 4 heteroatoms. The first-order chi connectivity index (χ1) is 9.60. The highest BCUT2D eigenvalue weighted by Gasteiger charge is 2.12.